The Morgan fingerprint density at radius 2 is 1.57 bits per heavy atom. The molecule has 0 aliphatic carbocycles. The van der Waals surface area contributed by atoms with E-state index in [0.717, 1.165) is 43.3 Å². The summed E-state index contributed by atoms with van der Waals surface area (Å²) in [5, 5.41) is 0. The molecule has 0 nitrogen and oxygen atoms in total. The zero-order valence-corrected chi connectivity index (χ0v) is 12.1. The van der Waals surface area contributed by atoms with Gasteiger partial charge in [0.25, 0.3) is 0 Å². The summed E-state index contributed by atoms with van der Waals surface area (Å²) in [7, 11) is 0. The van der Waals surface area contributed by atoms with Gasteiger partial charge in [-0.25, -0.2) is 0 Å². The predicted molar refractivity (Wildman–Crippen MR) is 64.2 cm³/mol. The van der Waals surface area contributed by atoms with Crippen LogP contribution in [-0.2, 0) is 0 Å². The minimum absolute atomic E-state index is 0.841. The molecule has 76 valence electrons. The number of hydrogen-bond acceptors (Lipinski definition) is 0. The maximum atomic E-state index is 2.43. The Bertz CT molecular complexity index is 274. The van der Waals surface area contributed by atoms with E-state index >= 15 is 0 Å². The monoisotopic (exact) mass is 320 g/mol. The van der Waals surface area contributed by atoms with Crippen molar-refractivity contribution < 1.29 is 0 Å². The standard InChI is InChI=1S/C12H16Se2/c1-9-8-10(2)14-12(13-9)11-6-4-3-5-7-11/h3-7,9-10,12H,8H2,1-2H3/t9-,10+,12+. The van der Waals surface area contributed by atoms with E-state index < -0.39 is 0 Å². The van der Waals surface area contributed by atoms with E-state index in [1.54, 1.807) is 5.56 Å². The number of benzene rings is 1. The number of hydrogen-bond donors (Lipinski definition) is 0. The van der Waals surface area contributed by atoms with Gasteiger partial charge in [0, 0.05) is 0 Å². The van der Waals surface area contributed by atoms with Crippen LogP contribution in [0.1, 0.15) is 29.5 Å². The third-order valence-corrected chi connectivity index (χ3v) is 9.81. The van der Waals surface area contributed by atoms with Gasteiger partial charge in [-0.2, -0.15) is 0 Å². The van der Waals surface area contributed by atoms with Gasteiger partial charge in [0.15, 0.2) is 0 Å². The fourth-order valence-electron chi connectivity index (χ4n) is 1.80. The van der Waals surface area contributed by atoms with Crippen molar-refractivity contribution in [3.05, 3.63) is 35.9 Å². The molecule has 2 rings (SSSR count). The van der Waals surface area contributed by atoms with Crippen molar-refractivity contribution in [3.8, 4) is 0 Å². The van der Waals surface area contributed by atoms with Crippen LogP contribution in [0.2, 0.25) is 9.63 Å². The number of rotatable bonds is 1. The topological polar surface area (TPSA) is 0 Å². The summed E-state index contributed by atoms with van der Waals surface area (Å²) in [6.45, 7) is 4.86. The fraction of sp³-hybridized carbons (Fsp3) is 0.500. The maximum absolute atomic E-state index is 2.43. The third kappa shape index (κ3) is 2.64. The summed E-state index contributed by atoms with van der Waals surface area (Å²) < 4.78 is 0.940. The molecule has 0 unspecified atom stereocenters. The van der Waals surface area contributed by atoms with Crippen LogP contribution in [0.15, 0.2) is 30.3 Å². The van der Waals surface area contributed by atoms with Crippen LogP contribution in [0.25, 0.3) is 0 Å². The van der Waals surface area contributed by atoms with Crippen molar-refractivity contribution in [1.82, 2.24) is 0 Å². The molecule has 3 atom stereocenters. The molecule has 2 heteroatoms. The van der Waals surface area contributed by atoms with Gasteiger partial charge in [-0.05, 0) is 0 Å². The van der Waals surface area contributed by atoms with E-state index in [2.05, 4.69) is 44.2 Å². The molecule has 0 saturated carbocycles. The minimum atomic E-state index is 0.841. The predicted octanol–water partition coefficient (Wildman–Crippen LogP) is 3.11. The molecule has 0 bridgehead atoms. The molecule has 1 aromatic carbocycles. The van der Waals surface area contributed by atoms with Crippen LogP contribution in [0.5, 0.6) is 0 Å². The summed E-state index contributed by atoms with van der Waals surface area (Å²) in [6.07, 6.45) is 1.48. The van der Waals surface area contributed by atoms with Crippen molar-refractivity contribution in [3.63, 3.8) is 0 Å². The van der Waals surface area contributed by atoms with Gasteiger partial charge in [-0.15, -0.1) is 0 Å². The van der Waals surface area contributed by atoms with Gasteiger partial charge in [0.05, 0.1) is 0 Å². The Morgan fingerprint density at radius 1 is 1.00 bits per heavy atom. The average Bonchev–Trinajstić information content (AvgIpc) is 2.18. The second-order valence-corrected chi connectivity index (χ2v) is 11.9. The van der Waals surface area contributed by atoms with E-state index in [9.17, 15) is 0 Å². The fourth-order valence-corrected chi connectivity index (χ4v) is 12.2. The molecule has 1 aliphatic rings. The van der Waals surface area contributed by atoms with Crippen LogP contribution in [0.4, 0.5) is 0 Å². The molecular formula is C12H16Se2. The SMILES string of the molecule is C[C@@H]1C[C@H](C)[Se][C@@H](c2ccccc2)[Se]1. The second kappa shape index (κ2) is 4.85. The van der Waals surface area contributed by atoms with Crippen molar-refractivity contribution in [2.75, 3.05) is 0 Å². The van der Waals surface area contributed by atoms with Gasteiger partial charge in [0.1, 0.15) is 0 Å². The van der Waals surface area contributed by atoms with Crippen LogP contribution < -0.4 is 0 Å². The first-order valence-corrected chi connectivity index (χ1v) is 9.07. The molecule has 1 aromatic rings. The van der Waals surface area contributed by atoms with Crippen molar-refractivity contribution in [1.29, 1.82) is 0 Å². The zero-order valence-electron chi connectivity index (χ0n) is 8.64. The van der Waals surface area contributed by atoms with E-state index in [1.165, 1.54) is 6.42 Å². The van der Waals surface area contributed by atoms with E-state index in [1.807, 2.05) is 0 Å². The Balaban J connectivity index is 2.11. The summed E-state index contributed by atoms with van der Waals surface area (Å²) in [5.74, 6) is 0. The molecule has 0 spiro atoms. The van der Waals surface area contributed by atoms with Crippen LogP contribution >= 0.6 is 0 Å². The van der Waals surface area contributed by atoms with Crippen molar-refractivity contribution in [2.24, 2.45) is 0 Å². The Hall–Kier alpha value is 0.259. The molecule has 0 N–H and O–H groups in total. The second-order valence-electron chi connectivity index (χ2n) is 3.87. The van der Waals surface area contributed by atoms with Gasteiger partial charge in [0.2, 0.25) is 0 Å². The zero-order chi connectivity index (χ0) is 9.97. The van der Waals surface area contributed by atoms with Gasteiger partial charge < -0.3 is 0 Å². The Kier molecular flexibility index (Phi) is 3.73. The molecule has 14 heavy (non-hydrogen) atoms. The Morgan fingerprint density at radius 3 is 2.14 bits per heavy atom. The first kappa shape index (κ1) is 10.8. The van der Waals surface area contributed by atoms with E-state index in [4.69, 9.17) is 0 Å². The quantitative estimate of drug-likeness (QED) is 0.698. The Labute approximate surface area is 99.2 Å². The molecule has 0 amide bonds. The van der Waals surface area contributed by atoms with Gasteiger partial charge in [-0.3, -0.25) is 0 Å². The first-order valence-electron chi connectivity index (χ1n) is 5.11. The normalized spacial score (nSPS) is 32.9. The third-order valence-electron chi connectivity index (χ3n) is 2.45. The first-order chi connectivity index (χ1) is 6.75. The molecule has 0 radical (unpaired) electrons. The molecular weight excluding hydrogens is 302 g/mol. The summed E-state index contributed by atoms with van der Waals surface area (Å²) in [5.41, 5.74) is 1.60. The van der Waals surface area contributed by atoms with Crippen LogP contribution in [-0.4, -0.2) is 29.9 Å². The van der Waals surface area contributed by atoms with Gasteiger partial charge >= 0.3 is 99.4 Å². The summed E-state index contributed by atoms with van der Waals surface area (Å²) in [4.78, 5) is 1.97. The summed E-state index contributed by atoms with van der Waals surface area (Å²) >= 11 is 1.68. The molecule has 1 saturated heterocycles. The van der Waals surface area contributed by atoms with Crippen LogP contribution in [0.3, 0.4) is 0 Å². The molecule has 1 heterocycles. The summed E-state index contributed by atoms with van der Waals surface area (Å²) in [6, 6.07) is 11.1. The van der Waals surface area contributed by atoms with E-state index in [0.29, 0.717) is 0 Å². The molecule has 0 aromatic heterocycles. The van der Waals surface area contributed by atoms with E-state index in [-0.39, 0.29) is 0 Å². The van der Waals surface area contributed by atoms with Gasteiger partial charge in [-0.1, -0.05) is 0 Å². The molecule has 1 fully saturated rings. The average molecular weight is 318 g/mol. The van der Waals surface area contributed by atoms with Crippen molar-refractivity contribution in [2.45, 2.75) is 33.6 Å². The van der Waals surface area contributed by atoms with Crippen LogP contribution in [0, 0.1) is 0 Å². The van der Waals surface area contributed by atoms with Crippen molar-refractivity contribution >= 4 is 29.9 Å². The molecule has 1 aliphatic heterocycles.